The summed E-state index contributed by atoms with van der Waals surface area (Å²) in [4.78, 5) is 14.8. The fraction of sp³-hybridized carbons (Fsp3) is 0.556. The quantitative estimate of drug-likeness (QED) is 0.426. The van der Waals surface area contributed by atoms with Crippen molar-refractivity contribution in [3.05, 3.63) is 12.7 Å². The maximum atomic E-state index is 11.4. The van der Waals surface area contributed by atoms with E-state index in [2.05, 4.69) is 15.9 Å². The Labute approximate surface area is 91.4 Å². The van der Waals surface area contributed by atoms with E-state index in [1.807, 2.05) is 0 Å². The highest BCUT2D eigenvalue weighted by molar-refractivity contribution is 7.92. The Hall–Kier alpha value is -1.17. The second-order valence-corrected chi connectivity index (χ2v) is 4.84. The van der Waals surface area contributed by atoms with Gasteiger partial charge in [-0.25, -0.2) is 9.00 Å². The van der Waals surface area contributed by atoms with Gasteiger partial charge in [-0.1, -0.05) is 6.58 Å². The van der Waals surface area contributed by atoms with Gasteiger partial charge >= 0.3 is 6.09 Å². The van der Waals surface area contributed by atoms with E-state index in [-0.39, 0.29) is 5.04 Å². The van der Waals surface area contributed by atoms with Gasteiger partial charge in [0.2, 0.25) is 0 Å². The summed E-state index contributed by atoms with van der Waals surface area (Å²) >= 11 is 0. The van der Waals surface area contributed by atoms with Crippen LogP contribution in [0.5, 0.6) is 0 Å². The van der Waals surface area contributed by atoms with Crippen LogP contribution >= 0.6 is 0 Å². The van der Waals surface area contributed by atoms with Crippen molar-refractivity contribution in [2.24, 2.45) is 9.36 Å². The molecule has 0 heterocycles. The molecule has 15 heavy (non-hydrogen) atoms. The van der Waals surface area contributed by atoms with Crippen LogP contribution in [0.1, 0.15) is 20.8 Å². The number of carbonyl (C=O) groups is 1. The first-order valence-corrected chi connectivity index (χ1v) is 5.52. The van der Waals surface area contributed by atoms with Crippen LogP contribution in [0.2, 0.25) is 0 Å². The molecule has 0 aromatic heterocycles. The fourth-order valence-electron chi connectivity index (χ4n) is 0.663. The van der Waals surface area contributed by atoms with Crippen molar-refractivity contribution in [1.82, 2.24) is 0 Å². The molecule has 0 aliphatic carbocycles. The van der Waals surface area contributed by atoms with E-state index in [0.29, 0.717) is 0 Å². The van der Waals surface area contributed by atoms with Crippen molar-refractivity contribution < 1.29 is 13.7 Å². The van der Waals surface area contributed by atoms with Gasteiger partial charge in [0, 0.05) is 7.05 Å². The van der Waals surface area contributed by atoms with E-state index in [9.17, 15) is 9.00 Å². The van der Waals surface area contributed by atoms with E-state index in [1.165, 1.54) is 13.1 Å². The number of ether oxygens (including phenoxy) is 1. The monoisotopic (exact) mass is 232 g/mol. The van der Waals surface area contributed by atoms with Crippen LogP contribution in [0, 0.1) is 0 Å². The minimum Gasteiger partial charge on any atom is -0.442 e. The molecule has 0 aliphatic rings. The lowest BCUT2D eigenvalue weighted by Gasteiger charge is -2.16. The van der Waals surface area contributed by atoms with E-state index in [1.54, 1.807) is 20.8 Å². The summed E-state index contributed by atoms with van der Waals surface area (Å²) in [5.41, 5.74) is -0.644. The van der Waals surface area contributed by atoms with Crippen molar-refractivity contribution in [1.29, 1.82) is 0 Å². The third-order valence-corrected chi connectivity index (χ3v) is 2.29. The van der Waals surface area contributed by atoms with Crippen LogP contribution in [0.25, 0.3) is 0 Å². The number of amides is 1. The Kier molecular flexibility index (Phi) is 5.21. The lowest BCUT2D eigenvalue weighted by Crippen LogP contribution is -2.22. The molecule has 0 spiro atoms. The molecule has 1 atom stereocenters. The summed E-state index contributed by atoms with van der Waals surface area (Å²) in [5, 5.41) is 0.177. The lowest BCUT2D eigenvalue weighted by molar-refractivity contribution is 0.0608. The molecule has 0 saturated carbocycles. The molecule has 0 N–H and O–H groups in total. The molecular weight excluding hydrogens is 216 g/mol. The van der Waals surface area contributed by atoms with Gasteiger partial charge in [0.25, 0.3) is 0 Å². The minimum absolute atomic E-state index is 0.177. The SMILES string of the molecule is C=CC(=N\C)/[SH](=O)=N/C(=O)OC(C)(C)C. The van der Waals surface area contributed by atoms with E-state index < -0.39 is 22.3 Å². The summed E-state index contributed by atoms with van der Waals surface area (Å²) in [6.45, 7) is 8.52. The number of hydrogen-bond acceptors (Lipinski definition) is 4. The Morgan fingerprint density at radius 3 is 2.33 bits per heavy atom. The van der Waals surface area contributed by atoms with Gasteiger partial charge in [0.15, 0.2) is 0 Å². The second-order valence-electron chi connectivity index (χ2n) is 3.64. The van der Waals surface area contributed by atoms with Crippen molar-refractivity contribution in [2.75, 3.05) is 7.05 Å². The zero-order valence-electron chi connectivity index (χ0n) is 9.35. The zero-order chi connectivity index (χ0) is 12.1. The standard InChI is InChI=1S/C9H16N2O3S/c1-6-7(10-5)15(13)11-8(12)14-9(2,3)4/h6,15H,1H2,2-5H3/b10-7+. The van der Waals surface area contributed by atoms with E-state index in [0.717, 1.165) is 0 Å². The second kappa shape index (κ2) is 5.65. The largest absolute Gasteiger partial charge is 0.442 e. The molecule has 86 valence electrons. The molecule has 0 aliphatic heterocycles. The molecule has 5 nitrogen and oxygen atoms in total. The van der Waals surface area contributed by atoms with Gasteiger partial charge < -0.3 is 4.74 Å². The predicted octanol–water partition coefficient (Wildman–Crippen LogP) is 1.80. The third-order valence-electron chi connectivity index (χ3n) is 1.17. The zero-order valence-corrected chi connectivity index (χ0v) is 10.2. The van der Waals surface area contributed by atoms with Crippen molar-refractivity contribution in [3.8, 4) is 0 Å². The third kappa shape index (κ3) is 6.01. The average Bonchev–Trinajstić information content (AvgIpc) is 2.02. The van der Waals surface area contributed by atoms with Gasteiger partial charge in [0.05, 0.1) is 10.6 Å². The van der Waals surface area contributed by atoms with Gasteiger partial charge in [-0.05, 0) is 26.8 Å². The van der Waals surface area contributed by atoms with Crippen LogP contribution in [-0.4, -0.2) is 28.0 Å². The molecule has 0 fully saturated rings. The molecule has 1 unspecified atom stereocenters. The van der Waals surface area contributed by atoms with E-state index >= 15 is 0 Å². The number of thiol groups is 1. The Bertz CT molecular complexity index is 360. The first-order valence-electron chi connectivity index (χ1n) is 4.31. The topological polar surface area (TPSA) is 68.1 Å². The molecule has 0 saturated heterocycles. The molecule has 0 aromatic carbocycles. The summed E-state index contributed by atoms with van der Waals surface area (Å²) < 4.78 is 19.6. The number of nitrogens with zero attached hydrogens (tertiary/aromatic N) is 2. The molecule has 0 rings (SSSR count). The van der Waals surface area contributed by atoms with E-state index in [4.69, 9.17) is 4.74 Å². The first-order chi connectivity index (χ1) is 6.80. The minimum atomic E-state index is -2.20. The van der Waals surface area contributed by atoms with Crippen molar-refractivity contribution in [2.45, 2.75) is 26.4 Å². The van der Waals surface area contributed by atoms with Gasteiger partial charge in [-0.15, -0.1) is 4.36 Å². The maximum absolute atomic E-state index is 11.4. The summed E-state index contributed by atoms with van der Waals surface area (Å²) in [6.07, 6.45) is 0.443. The molecule has 1 amide bonds. The Morgan fingerprint density at radius 2 is 2.00 bits per heavy atom. The highest BCUT2D eigenvalue weighted by atomic mass is 32.2. The van der Waals surface area contributed by atoms with Gasteiger partial charge in [0.1, 0.15) is 10.6 Å². The van der Waals surface area contributed by atoms with Crippen molar-refractivity contribution in [3.63, 3.8) is 0 Å². The van der Waals surface area contributed by atoms with Crippen LogP contribution in [-0.2, 0) is 15.3 Å². The summed E-state index contributed by atoms with van der Waals surface area (Å²) in [5.74, 6) is 0. The van der Waals surface area contributed by atoms with Crippen LogP contribution in [0.3, 0.4) is 0 Å². The van der Waals surface area contributed by atoms with Gasteiger partial charge in [-0.3, -0.25) is 4.99 Å². The van der Waals surface area contributed by atoms with Crippen molar-refractivity contribution >= 4 is 21.7 Å². The fourth-order valence-corrected chi connectivity index (χ4v) is 1.28. The summed E-state index contributed by atoms with van der Waals surface area (Å²) in [6, 6.07) is 0. The smallest absolute Gasteiger partial charge is 0.442 e. The molecule has 0 aromatic rings. The highest BCUT2D eigenvalue weighted by Crippen LogP contribution is 2.08. The number of rotatable bonds is 1. The highest BCUT2D eigenvalue weighted by Gasteiger charge is 2.15. The molecule has 6 heteroatoms. The van der Waals surface area contributed by atoms with Crippen LogP contribution < -0.4 is 0 Å². The summed E-state index contributed by atoms with van der Waals surface area (Å²) in [7, 11) is -0.751. The lowest BCUT2D eigenvalue weighted by atomic mass is 10.2. The number of hydrogen-bond donors (Lipinski definition) is 1. The normalized spacial score (nSPS) is 14.8. The first kappa shape index (κ1) is 13.8. The maximum Gasteiger partial charge on any atom is 0.442 e. The average molecular weight is 232 g/mol. The Balaban J connectivity index is 4.72. The van der Waals surface area contributed by atoms with Crippen LogP contribution in [0.4, 0.5) is 4.79 Å². The molecule has 0 bridgehead atoms. The molecular formula is C9H16N2O3S. The molecule has 0 radical (unpaired) electrons. The number of aliphatic imine (C=N–C) groups is 1. The van der Waals surface area contributed by atoms with Crippen LogP contribution in [0.15, 0.2) is 22.0 Å². The van der Waals surface area contributed by atoms with Gasteiger partial charge in [-0.2, -0.15) is 0 Å². The Morgan fingerprint density at radius 1 is 1.47 bits per heavy atom. The number of carbonyl (C=O) groups excluding carboxylic acids is 1. The predicted molar refractivity (Wildman–Crippen MR) is 61.8 cm³/mol.